The van der Waals surface area contributed by atoms with Gasteiger partial charge in [-0.2, -0.15) is 0 Å². The quantitative estimate of drug-likeness (QED) is 0.0250. The number of aryl methyl sites for hydroxylation is 2. The molecule has 24 heteroatoms. The summed E-state index contributed by atoms with van der Waals surface area (Å²) in [4.78, 5) is 78.6. The van der Waals surface area contributed by atoms with Crippen molar-refractivity contribution in [2.45, 2.75) is 76.5 Å². The Bertz CT molecular complexity index is 2430. The number of pyridine rings is 1. The van der Waals surface area contributed by atoms with Crippen molar-refractivity contribution in [3.05, 3.63) is 119 Å². The van der Waals surface area contributed by atoms with Gasteiger partial charge in [0.2, 0.25) is 0 Å². The minimum absolute atomic E-state index is 0.00524. The molecule has 3 aromatic rings. The van der Waals surface area contributed by atoms with Crippen LogP contribution in [0.2, 0.25) is 5.02 Å². The van der Waals surface area contributed by atoms with Gasteiger partial charge in [-0.05, 0) is 97.9 Å². The number of ether oxygens (including phenoxy) is 7. The summed E-state index contributed by atoms with van der Waals surface area (Å²) < 4.78 is 66.0. The second kappa shape index (κ2) is 24.6. The number of rotatable bonds is 28. The fraction of sp³-hybridized carbons (Fsp3) is 0.532. The van der Waals surface area contributed by atoms with Crippen LogP contribution in [0.15, 0.2) is 54.2 Å². The molecule has 21 nitrogen and oxygen atoms in total. The lowest BCUT2D eigenvalue weighted by Crippen LogP contribution is -2.72. The molecule has 2 aliphatic carbocycles. The summed E-state index contributed by atoms with van der Waals surface area (Å²) in [6, 6.07) is 10.4. The summed E-state index contributed by atoms with van der Waals surface area (Å²) in [5.74, 6) is -2.10. The summed E-state index contributed by atoms with van der Waals surface area (Å²) in [5, 5.41) is 18.4. The highest BCUT2D eigenvalue weighted by Crippen LogP contribution is 2.62. The number of carbonyl (C=O) groups excluding carboxylic acids is 3. The van der Waals surface area contributed by atoms with Gasteiger partial charge in [0.1, 0.15) is 37.3 Å². The fourth-order valence-electron chi connectivity index (χ4n) is 9.17. The van der Waals surface area contributed by atoms with Crippen LogP contribution >= 0.6 is 11.6 Å². The number of likely N-dealkylation sites (tertiary alicyclic amines) is 1. The van der Waals surface area contributed by atoms with Crippen LogP contribution in [-0.2, 0) is 62.3 Å². The van der Waals surface area contributed by atoms with Crippen LogP contribution in [0.1, 0.15) is 60.1 Å². The molecule has 71 heavy (non-hydrogen) atoms. The molecule has 2 saturated heterocycles. The highest BCUT2D eigenvalue weighted by molar-refractivity contribution is 6.32. The normalized spacial score (nSPS) is 18.8. The van der Waals surface area contributed by atoms with E-state index in [1.807, 2.05) is 42.2 Å². The molecule has 2 amide bonds. The third-order valence-electron chi connectivity index (χ3n) is 12.7. The molecule has 3 heterocycles. The van der Waals surface area contributed by atoms with Crippen molar-refractivity contribution < 1.29 is 76.2 Å². The number of halogens is 3. The minimum Gasteiger partial charge on any atom is -0.489 e. The Balaban J connectivity index is 1.04. The monoisotopic (exact) mass is 1020 g/mol. The van der Waals surface area contributed by atoms with Gasteiger partial charge in [0.15, 0.2) is 11.6 Å². The van der Waals surface area contributed by atoms with E-state index in [4.69, 9.17) is 44.8 Å². The molecule has 3 unspecified atom stereocenters. The molecule has 4 aliphatic rings. The van der Waals surface area contributed by atoms with Gasteiger partial charge in [-0.15, -0.1) is 20.2 Å². The Morgan fingerprint density at radius 2 is 1.49 bits per heavy atom. The number of hydrogen-bond donors (Lipinski definition) is 0. The molecule has 3 fully saturated rings. The first-order chi connectivity index (χ1) is 34.3. The number of carbonyl (C=O) groups is 3. The SMILES string of the molecule is Cc1c(CN(C(=O)C2=C(c3ccc(CCCOc4c(F)ccc(F)c4Cl)cc3)CC34COCC3N(C(=O)OCCOCCO[N+](=O)[O-])C24)C2CC2)ccnc1CCCOC(=O)OCCOCCO[N+](=O)[O-]. The smallest absolute Gasteiger partial charge is 0.489 e. The molecule has 1 spiro atoms. The first kappa shape index (κ1) is 52.4. The molecule has 2 aromatic carbocycles. The molecule has 7 rings (SSSR count). The number of benzene rings is 2. The molecule has 1 saturated carbocycles. The topological polar surface area (TPSA) is 240 Å². The molecule has 1 aromatic heterocycles. The lowest BCUT2D eigenvalue weighted by Gasteiger charge is -2.56. The predicted molar refractivity (Wildman–Crippen MR) is 243 cm³/mol. The Labute approximate surface area is 411 Å². The molecule has 0 radical (unpaired) electrons. The summed E-state index contributed by atoms with van der Waals surface area (Å²) in [6.07, 6.45) is 4.09. The van der Waals surface area contributed by atoms with Gasteiger partial charge in [-0.1, -0.05) is 35.9 Å². The summed E-state index contributed by atoms with van der Waals surface area (Å²) in [7, 11) is 0. The van der Waals surface area contributed by atoms with Crippen molar-refractivity contribution in [2.75, 3.05) is 79.3 Å². The maximum absolute atomic E-state index is 15.4. The third kappa shape index (κ3) is 13.1. The fourth-order valence-corrected chi connectivity index (χ4v) is 9.37. The van der Waals surface area contributed by atoms with Gasteiger partial charge in [0, 0.05) is 35.5 Å². The molecular formula is C47H54ClF2N5O16. The van der Waals surface area contributed by atoms with Gasteiger partial charge >= 0.3 is 12.2 Å². The van der Waals surface area contributed by atoms with E-state index in [9.17, 15) is 38.6 Å². The van der Waals surface area contributed by atoms with Gasteiger partial charge in [0.25, 0.3) is 16.1 Å². The molecule has 0 N–H and O–H groups in total. The number of amides is 2. The van der Waals surface area contributed by atoms with E-state index in [0.29, 0.717) is 44.3 Å². The van der Waals surface area contributed by atoms with Crippen LogP contribution in [0.3, 0.4) is 0 Å². The van der Waals surface area contributed by atoms with Crippen LogP contribution in [-0.4, -0.2) is 141 Å². The van der Waals surface area contributed by atoms with E-state index < -0.39 is 50.5 Å². The molecule has 384 valence electrons. The lowest BCUT2D eigenvalue weighted by atomic mass is 9.66. The van der Waals surface area contributed by atoms with Gasteiger partial charge < -0.3 is 47.7 Å². The standard InChI is InChI=1S/C47H54ClF2N5O16/c1-30-33(14-15-51-38(30)5-3-17-68-46(58)69-23-19-64-21-25-71-55(61)62)27-52(34-10-11-34)44(56)40-35(32-8-6-31(7-9-32)4-2-16-66-42-37(50)13-12-36(49)41(42)48)26-47-29-65-28-39(47)53(43(40)47)45(57)67-22-18-63-20-24-70-54(59)60/h6-9,12-15,34,39,43H,2-5,10-11,16-29H2,1H3. The lowest BCUT2D eigenvalue weighted by molar-refractivity contribution is -0.758. The van der Waals surface area contributed by atoms with Crippen molar-refractivity contribution in [1.29, 1.82) is 0 Å². The third-order valence-corrected chi connectivity index (χ3v) is 13.1. The predicted octanol–water partition coefficient (Wildman–Crippen LogP) is 6.42. The molecular weight excluding hydrogens is 964 g/mol. The number of allylic oxidation sites excluding steroid dienone is 1. The molecule has 2 aliphatic heterocycles. The zero-order chi connectivity index (χ0) is 50.5. The second-order valence-corrected chi connectivity index (χ2v) is 17.6. The van der Waals surface area contributed by atoms with Crippen LogP contribution in [0.4, 0.5) is 18.4 Å². The maximum atomic E-state index is 15.4. The Hall–Kier alpha value is -6.43. The first-order valence-electron chi connectivity index (χ1n) is 23.1. The highest BCUT2D eigenvalue weighted by Gasteiger charge is 2.71. The van der Waals surface area contributed by atoms with Crippen molar-refractivity contribution in [2.24, 2.45) is 5.41 Å². The highest BCUT2D eigenvalue weighted by atomic mass is 35.5. The van der Waals surface area contributed by atoms with E-state index >= 15 is 4.79 Å². The van der Waals surface area contributed by atoms with Crippen LogP contribution in [0, 0.1) is 44.2 Å². The molecule has 0 bridgehead atoms. The van der Waals surface area contributed by atoms with Gasteiger partial charge in [-0.3, -0.25) is 14.7 Å². The average molecular weight is 1020 g/mol. The van der Waals surface area contributed by atoms with Crippen LogP contribution in [0.25, 0.3) is 5.57 Å². The summed E-state index contributed by atoms with van der Waals surface area (Å²) >= 11 is 5.93. The summed E-state index contributed by atoms with van der Waals surface area (Å²) in [6.45, 7) is 1.95. The van der Waals surface area contributed by atoms with E-state index in [1.54, 1.807) is 11.1 Å². The summed E-state index contributed by atoms with van der Waals surface area (Å²) in [5.41, 5.74) is 4.92. The zero-order valence-corrected chi connectivity index (χ0v) is 39.7. The molecule has 3 atom stereocenters. The van der Waals surface area contributed by atoms with E-state index in [0.717, 1.165) is 58.5 Å². The van der Waals surface area contributed by atoms with Crippen molar-refractivity contribution in [3.8, 4) is 5.75 Å². The van der Waals surface area contributed by atoms with Gasteiger partial charge in [0.05, 0.1) is 64.9 Å². The van der Waals surface area contributed by atoms with Crippen molar-refractivity contribution in [1.82, 2.24) is 14.8 Å². The zero-order valence-electron chi connectivity index (χ0n) is 38.9. The van der Waals surface area contributed by atoms with E-state index in [2.05, 4.69) is 14.7 Å². The van der Waals surface area contributed by atoms with Crippen molar-refractivity contribution >= 4 is 35.3 Å². The van der Waals surface area contributed by atoms with Crippen LogP contribution in [0.5, 0.6) is 5.75 Å². The number of hydrogen-bond acceptors (Lipinski definition) is 17. The number of aromatic nitrogens is 1. The van der Waals surface area contributed by atoms with E-state index in [-0.39, 0.29) is 103 Å². The minimum atomic E-state index is -0.929. The van der Waals surface area contributed by atoms with E-state index in [1.165, 1.54) is 0 Å². The maximum Gasteiger partial charge on any atom is 0.508 e. The Morgan fingerprint density at radius 3 is 2.18 bits per heavy atom. The first-order valence-corrected chi connectivity index (χ1v) is 23.5. The number of nitrogens with zero attached hydrogens (tertiary/aromatic N) is 5. The van der Waals surface area contributed by atoms with Crippen LogP contribution < -0.4 is 4.74 Å². The second-order valence-electron chi connectivity index (χ2n) is 17.2. The average Bonchev–Trinajstić information content (AvgIpc) is 4.08. The van der Waals surface area contributed by atoms with Crippen molar-refractivity contribution in [3.63, 3.8) is 0 Å². The Morgan fingerprint density at radius 1 is 0.845 bits per heavy atom. The Kier molecular flexibility index (Phi) is 18.2. The largest absolute Gasteiger partial charge is 0.508 e. The van der Waals surface area contributed by atoms with Gasteiger partial charge in [-0.25, -0.2) is 18.4 Å².